The van der Waals surface area contributed by atoms with E-state index in [0.29, 0.717) is 11.4 Å². The molecule has 0 radical (unpaired) electrons. The molecule has 1 unspecified atom stereocenters. The first-order chi connectivity index (χ1) is 7.65. The third kappa shape index (κ3) is 1.67. The zero-order valence-electron chi connectivity index (χ0n) is 9.09. The highest BCUT2D eigenvalue weighted by Crippen LogP contribution is 2.18. The van der Waals surface area contributed by atoms with Gasteiger partial charge in [0.25, 0.3) is 0 Å². The number of hydrogen-bond donors (Lipinski definition) is 0. The van der Waals surface area contributed by atoms with Gasteiger partial charge in [0, 0.05) is 19.5 Å². The zero-order valence-corrected chi connectivity index (χ0v) is 9.91. The van der Waals surface area contributed by atoms with E-state index >= 15 is 0 Å². The molecule has 16 heavy (non-hydrogen) atoms. The highest BCUT2D eigenvalue weighted by Gasteiger charge is 2.29. The molecule has 2 rings (SSSR count). The summed E-state index contributed by atoms with van der Waals surface area (Å²) in [4.78, 5) is 1.85. The Hall–Kier alpha value is -1.49. The number of amidine groups is 1. The molecule has 0 aliphatic carbocycles. The van der Waals surface area contributed by atoms with E-state index in [1.165, 1.54) is 6.07 Å². The number of nitrogens with zero attached hydrogens (tertiary/aromatic N) is 3. The fraction of sp³-hybridized carbons (Fsp3) is 0.273. The summed E-state index contributed by atoms with van der Waals surface area (Å²) in [5.41, 5.74) is 0.496. The Morgan fingerprint density at radius 3 is 2.62 bits per heavy atom. The van der Waals surface area contributed by atoms with E-state index in [1.807, 2.05) is 19.0 Å². The quantitative estimate of drug-likeness (QED) is 0.729. The van der Waals surface area contributed by atoms with Gasteiger partial charge in [-0.05, 0) is 12.1 Å². The van der Waals surface area contributed by atoms with Crippen molar-refractivity contribution in [2.45, 2.75) is 6.17 Å². The minimum Gasteiger partial charge on any atom is -0.332 e. The predicted molar refractivity (Wildman–Crippen MR) is 65.9 cm³/mol. The minimum absolute atomic E-state index is 0.0930. The molecule has 0 saturated carbocycles. The molecule has 0 aromatic heterocycles. The van der Waals surface area contributed by atoms with E-state index < -0.39 is 0 Å². The summed E-state index contributed by atoms with van der Waals surface area (Å²) in [5.74, 6) is 0.332. The largest absolute Gasteiger partial charge is 0.332 e. The molecular weight excluding hydrogens is 225 g/mol. The van der Waals surface area contributed by atoms with Crippen molar-refractivity contribution in [1.82, 2.24) is 9.91 Å². The van der Waals surface area contributed by atoms with Gasteiger partial charge in [-0.25, -0.2) is 4.39 Å². The van der Waals surface area contributed by atoms with Crippen molar-refractivity contribution in [3.8, 4) is 0 Å². The maximum Gasteiger partial charge on any atom is 0.160 e. The Morgan fingerprint density at radius 2 is 2.06 bits per heavy atom. The number of rotatable bonds is 2. The van der Waals surface area contributed by atoms with E-state index in [2.05, 4.69) is 5.10 Å². The molecule has 3 nitrogen and oxygen atoms in total. The summed E-state index contributed by atoms with van der Waals surface area (Å²) < 4.78 is 13.6. The Kier molecular flexibility index (Phi) is 2.87. The molecule has 1 aliphatic rings. The third-order valence-corrected chi connectivity index (χ3v) is 2.85. The molecule has 1 aliphatic heterocycles. The van der Waals surface area contributed by atoms with E-state index in [1.54, 1.807) is 28.6 Å². The molecule has 0 amide bonds. The van der Waals surface area contributed by atoms with Crippen LogP contribution in [0.25, 0.3) is 0 Å². The van der Waals surface area contributed by atoms with Crippen LogP contribution in [0.5, 0.6) is 0 Å². The Labute approximate surface area is 99.2 Å². The molecule has 1 atom stereocenters. The van der Waals surface area contributed by atoms with Crippen molar-refractivity contribution in [1.29, 1.82) is 0 Å². The number of hydrazone groups is 1. The summed E-state index contributed by atoms with van der Waals surface area (Å²) >= 11 is 4.93. The molecule has 0 fully saturated rings. The predicted octanol–water partition coefficient (Wildman–Crippen LogP) is 1.69. The first-order valence-electron chi connectivity index (χ1n) is 4.89. The fourth-order valence-corrected chi connectivity index (χ4v) is 2.08. The maximum absolute atomic E-state index is 13.6. The molecule has 0 N–H and O–H groups in total. The molecule has 5 heteroatoms. The summed E-state index contributed by atoms with van der Waals surface area (Å²) in [7, 11) is 3.67. The smallest absolute Gasteiger partial charge is 0.160 e. The summed E-state index contributed by atoms with van der Waals surface area (Å²) in [6.45, 7) is 0. The van der Waals surface area contributed by atoms with E-state index in [0.717, 1.165) is 0 Å². The topological polar surface area (TPSA) is 18.8 Å². The zero-order chi connectivity index (χ0) is 11.7. The van der Waals surface area contributed by atoms with Gasteiger partial charge in [0.2, 0.25) is 0 Å². The van der Waals surface area contributed by atoms with Crippen molar-refractivity contribution >= 4 is 23.4 Å². The van der Waals surface area contributed by atoms with Gasteiger partial charge >= 0.3 is 0 Å². The highest BCUT2D eigenvalue weighted by atomic mass is 32.1. The average molecular weight is 237 g/mol. The van der Waals surface area contributed by atoms with Gasteiger partial charge in [0.15, 0.2) is 5.84 Å². The molecule has 0 saturated heterocycles. The number of thiocarbonyl (C=S) groups is 1. The molecule has 0 spiro atoms. The molecule has 1 aromatic rings. The van der Waals surface area contributed by atoms with Crippen LogP contribution in [0.15, 0.2) is 29.4 Å². The normalized spacial score (nSPS) is 19.9. The van der Waals surface area contributed by atoms with Gasteiger partial charge in [-0.15, -0.1) is 0 Å². The van der Waals surface area contributed by atoms with Crippen LogP contribution in [0.3, 0.4) is 0 Å². The van der Waals surface area contributed by atoms with Crippen molar-refractivity contribution in [2.24, 2.45) is 5.10 Å². The standard InChI is InChI=1S/C11H12FN3S/c1-14-10(7-16)15(2)13-11(14)8-5-3-4-6-9(8)12/h3-7,10H,1-2H3. The van der Waals surface area contributed by atoms with Crippen LogP contribution in [-0.2, 0) is 0 Å². The lowest BCUT2D eigenvalue weighted by molar-refractivity contribution is 0.253. The van der Waals surface area contributed by atoms with Crippen molar-refractivity contribution < 1.29 is 4.39 Å². The Bertz CT molecular complexity index is 447. The van der Waals surface area contributed by atoms with Crippen LogP contribution in [0.2, 0.25) is 0 Å². The Morgan fingerprint density at radius 1 is 1.38 bits per heavy atom. The van der Waals surface area contributed by atoms with Gasteiger partial charge in [-0.3, -0.25) is 5.01 Å². The van der Waals surface area contributed by atoms with Gasteiger partial charge < -0.3 is 4.90 Å². The second-order valence-corrected chi connectivity index (χ2v) is 3.91. The summed E-state index contributed by atoms with van der Waals surface area (Å²) in [6, 6.07) is 6.59. The lowest BCUT2D eigenvalue weighted by Gasteiger charge is -2.22. The van der Waals surface area contributed by atoms with Crippen LogP contribution in [-0.4, -0.2) is 41.4 Å². The van der Waals surface area contributed by atoms with E-state index in [-0.39, 0.29) is 12.0 Å². The third-order valence-electron chi connectivity index (χ3n) is 2.60. The van der Waals surface area contributed by atoms with E-state index in [9.17, 15) is 4.39 Å². The second-order valence-electron chi connectivity index (χ2n) is 3.64. The maximum atomic E-state index is 13.6. The first kappa shape index (κ1) is 11.0. The van der Waals surface area contributed by atoms with Gasteiger partial charge in [-0.1, -0.05) is 24.4 Å². The lowest BCUT2D eigenvalue weighted by atomic mass is 10.2. The van der Waals surface area contributed by atoms with Crippen LogP contribution in [0.4, 0.5) is 4.39 Å². The van der Waals surface area contributed by atoms with Crippen molar-refractivity contribution in [2.75, 3.05) is 14.1 Å². The Balaban J connectivity index is 2.40. The first-order valence-corrected chi connectivity index (χ1v) is 5.36. The van der Waals surface area contributed by atoms with Gasteiger partial charge in [-0.2, -0.15) is 5.10 Å². The monoisotopic (exact) mass is 237 g/mol. The summed E-state index contributed by atoms with van der Waals surface area (Å²) in [5, 5.41) is 7.62. The van der Waals surface area contributed by atoms with Crippen LogP contribution < -0.4 is 0 Å². The molecule has 0 bridgehead atoms. The SMILES string of the molecule is CN1N=C(c2ccccc2F)N(C)C1C=S. The summed E-state index contributed by atoms with van der Waals surface area (Å²) in [6.07, 6.45) is -0.0930. The van der Waals surface area contributed by atoms with Crippen molar-refractivity contribution in [3.05, 3.63) is 35.6 Å². The average Bonchev–Trinajstić information content (AvgIpc) is 2.55. The van der Waals surface area contributed by atoms with Crippen molar-refractivity contribution in [3.63, 3.8) is 0 Å². The second kappa shape index (κ2) is 4.17. The molecule has 1 heterocycles. The molecule has 1 aromatic carbocycles. The number of benzene rings is 1. The molecule has 84 valence electrons. The number of halogens is 1. The highest BCUT2D eigenvalue weighted by molar-refractivity contribution is 7.79. The van der Waals surface area contributed by atoms with E-state index in [4.69, 9.17) is 12.2 Å². The van der Waals surface area contributed by atoms with Gasteiger partial charge in [0.05, 0.1) is 5.56 Å². The minimum atomic E-state index is -0.272. The van der Waals surface area contributed by atoms with Crippen LogP contribution in [0, 0.1) is 5.82 Å². The molecular formula is C11H12FN3S. The van der Waals surface area contributed by atoms with Crippen LogP contribution >= 0.6 is 12.2 Å². The lowest BCUT2D eigenvalue weighted by Crippen LogP contribution is -2.39. The van der Waals surface area contributed by atoms with Gasteiger partial charge in [0.1, 0.15) is 12.0 Å². The number of hydrogen-bond acceptors (Lipinski definition) is 4. The van der Waals surface area contributed by atoms with Crippen LogP contribution in [0.1, 0.15) is 5.56 Å². The fourth-order valence-electron chi connectivity index (χ4n) is 1.72.